The minimum absolute atomic E-state index is 0.679. The number of nitrogens with zero attached hydrogens (tertiary/aromatic N) is 2. The summed E-state index contributed by atoms with van der Waals surface area (Å²) in [6.45, 7) is 6.74. The molecule has 1 atom stereocenters. The maximum absolute atomic E-state index is 6.00. The molecular formula is C20H28N2O2. The Morgan fingerprint density at radius 3 is 2.88 bits per heavy atom. The van der Waals surface area contributed by atoms with Crippen molar-refractivity contribution in [3.8, 4) is 11.5 Å². The van der Waals surface area contributed by atoms with E-state index >= 15 is 0 Å². The molecule has 0 aliphatic carbocycles. The molecule has 4 heteroatoms. The number of hydrogen-bond donors (Lipinski definition) is 0. The van der Waals surface area contributed by atoms with Crippen LogP contribution in [0.25, 0.3) is 6.08 Å². The average Bonchev–Trinajstić information content (AvgIpc) is 3.16. The van der Waals surface area contributed by atoms with Gasteiger partial charge in [-0.1, -0.05) is 12.1 Å². The molecule has 0 amide bonds. The Labute approximate surface area is 145 Å². The summed E-state index contributed by atoms with van der Waals surface area (Å²) in [5.74, 6) is 1.72. The summed E-state index contributed by atoms with van der Waals surface area (Å²) in [5, 5.41) is 0. The lowest BCUT2D eigenvalue weighted by molar-refractivity contribution is 0.120. The number of fused-ring (bicyclic) bond motifs is 1. The summed E-state index contributed by atoms with van der Waals surface area (Å²) in [7, 11) is 1.70. The van der Waals surface area contributed by atoms with Gasteiger partial charge in [0.05, 0.1) is 7.11 Å². The number of benzene rings is 1. The minimum atomic E-state index is 0.679. The van der Waals surface area contributed by atoms with Gasteiger partial charge in [-0.3, -0.25) is 9.80 Å². The van der Waals surface area contributed by atoms with E-state index in [2.05, 4.69) is 21.9 Å². The van der Waals surface area contributed by atoms with Crippen LogP contribution in [-0.4, -0.2) is 62.3 Å². The summed E-state index contributed by atoms with van der Waals surface area (Å²) >= 11 is 0. The van der Waals surface area contributed by atoms with E-state index in [1.807, 2.05) is 12.1 Å². The van der Waals surface area contributed by atoms with Crippen LogP contribution in [-0.2, 0) is 0 Å². The first-order chi connectivity index (χ1) is 11.8. The molecule has 0 N–H and O–H groups in total. The third-order valence-corrected chi connectivity index (χ3v) is 5.56. The molecule has 130 valence electrons. The van der Waals surface area contributed by atoms with Gasteiger partial charge >= 0.3 is 0 Å². The van der Waals surface area contributed by atoms with Crippen molar-refractivity contribution in [2.24, 2.45) is 0 Å². The van der Waals surface area contributed by atoms with E-state index in [1.165, 1.54) is 57.4 Å². The summed E-state index contributed by atoms with van der Waals surface area (Å²) in [6, 6.07) is 6.87. The van der Waals surface area contributed by atoms with Crippen molar-refractivity contribution in [1.82, 2.24) is 9.80 Å². The third kappa shape index (κ3) is 3.31. The first-order valence-corrected chi connectivity index (χ1v) is 9.29. The Balaban J connectivity index is 1.42. The number of likely N-dealkylation sites (tertiary alicyclic amines) is 2. The zero-order valence-corrected chi connectivity index (χ0v) is 14.7. The van der Waals surface area contributed by atoms with Gasteiger partial charge in [-0.15, -0.1) is 0 Å². The van der Waals surface area contributed by atoms with Crippen LogP contribution < -0.4 is 9.47 Å². The van der Waals surface area contributed by atoms with Crippen molar-refractivity contribution in [2.45, 2.75) is 31.7 Å². The van der Waals surface area contributed by atoms with Crippen molar-refractivity contribution in [2.75, 3.05) is 46.4 Å². The van der Waals surface area contributed by atoms with Crippen molar-refractivity contribution >= 4 is 6.08 Å². The fraction of sp³-hybridized carbons (Fsp3) is 0.600. The summed E-state index contributed by atoms with van der Waals surface area (Å²) < 4.78 is 11.4. The predicted molar refractivity (Wildman–Crippen MR) is 96.7 cm³/mol. The largest absolute Gasteiger partial charge is 0.493 e. The molecule has 1 aromatic rings. The van der Waals surface area contributed by atoms with E-state index in [9.17, 15) is 0 Å². The molecule has 4 nitrogen and oxygen atoms in total. The highest BCUT2D eigenvalue weighted by Crippen LogP contribution is 2.35. The lowest BCUT2D eigenvalue weighted by atomic mass is 10.0. The van der Waals surface area contributed by atoms with Gasteiger partial charge in [0.2, 0.25) is 0 Å². The smallest absolute Gasteiger partial charge is 0.168 e. The lowest BCUT2D eigenvalue weighted by Crippen LogP contribution is -2.47. The van der Waals surface area contributed by atoms with E-state index in [0.717, 1.165) is 29.6 Å². The predicted octanol–water partition coefficient (Wildman–Crippen LogP) is 3.03. The molecule has 24 heavy (non-hydrogen) atoms. The molecule has 0 spiro atoms. The minimum Gasteiger partial charge on any atom is -0.493 e. The Morgan fingerprint density at radius 1 is 1.17 bits per heavy atom. The molecule has 2 fully saturated rings. The quantitative estimate of drug-likeness (QED) is 0.848. The third-order valence-electron chi connectivity index (χ3n) is 5.56. The van der Waals surface area contributed by atoms with Crippen molar-refractivity contribution in [1.29, 1.82) is 0 Å². The Hall–Kier alpha value is -1.52. The normalized spacial score (nSPS) is 25.0. The zero-order chi connectivity index (χ0) is 16.4. The number of para-hydroxylation sites is 1. The standard InChI is InChI=1S/C20H28N2O2/c1-23-19-8-4-6-17-12-16(15-24-20(17)19)13-21-9-5-7-18(14-21)22-10-2-3-11-22/h4,6,8,12,18H,2-3,5,7,9-11,13-15H2,1H3. The van der Waals surface area contributed by atoms with Crippen molar-refractivity contribution in [3.63, 3.8) is 0 Å². The average molecular weight is 328 g/mol. The topological polar surface area (TPSA) is 24.9 Å². The fourth-order valence-corrected chi connectivity index (χ4v) is 4.35. The van der Waals surface area contributed by atoms with Gasteiger partial charge in [-0.2, -0.15) is 0 Å². The van der Waals surface area contributed by atoms with Crippen molar-refractivity contribution in [3.05, 3.63) is 29.3 Å². The first kappa shape index (κ1) is 16.0. The van der Waals surface area contributed by atoms with E-state index < -0.39 is 0 Å². The van der Waals surface area contributed by atoms with Crippen LogP contribution in [0.5, 0.6) is 11.5 Å². The van der Waals surface area contributed by atoms with Crippen LogP contribution in [0.2, 0.25) is 0 Å². The second-order valence-corrected chi connectivity index (χ2v) is 7.24. The molecule has 0 bridgehead atoms. The maximum Gasteiger partial charge on any atom is 0.168 e. The second kappa shape index (κ2) is 7.16. The number of methoxy groups -OCH3 is 1. The van der Waals surface area contributed by atoms with Crippen LogP contribution in [0.4, 0.5) is 0 Å². The van der Waals surface area contributed by atoms with E-state index in [0.29, 0.717) is 6.61 Å². The van der Waals surface area contributed by atoms with Crippen LogP contribution in [0.3, 0.4) is 0 Å². The van der Waals surface area contributed by atoms with Gasteiger partial charge in [0, 0.05) is 24.7 Å². The summed E-state index contributed by atoms with van der Waals surface area (Å²) in [4.78, 5) is 5.32. The molecule has 0 radical (unpaired) electrons. The molecule has 3 aliphatic heterocycles. The highest BCUT2D eigenvalue weighted by molar-refractivity contribution is 5.66. The molecule has 2 saturated heterocycles. The van der Waals surface area contributed by atoms with E-state index in [1.54, 1.807) is 7.11 Å². The molecule has 0 saturated carbocycles. The molecule has 0 aromatic heterocycles. The van der Waals surface area contributed by atoms with Gasteiger partial charge in [-0.25, -0.2) is 0 Å². The molecule has 3 aliphatic rings. The second-order valence-electron chi connectivity index (χ2n) is 7.24. The fourth-order valence-electron chi connectivity index (χ4n) is 4.35. The Kier molecular flexibility index (Phi) is 4.76. The molecule has 3 heterocycles. The number of hydrogen-bond acceptors (Lipinski definition) is 4. The van der Waals surface area contributed by atoms with Gasteiger partial charge in [0.15, 0.2) is 11.5 Å². The van der Waals surface area contributed by atoms with Gasteiger partial charge in [0.1, 0.15) is 6.61 Å². The Bertz CT molecular complexity index is 608. The monoisotopic (exact) mass is 328 g/mol. The lowest BCUT2D eigenvalue weighted by Gasteiger charge is -2.38. The van der Waals surface area contributed by atoms with E-state index in [4.69, 9.17) is 9.47 Å². The van der Waals surface area contributed by atoms with Crippen molar-refractivity contribution < 1.29 is 9.47 Å². The maximum atomic E-state index is 6.00. The van der Waals surface area contributed by atoms with Crippen LogP contribution >= 0.6 is 0 Å². The van der Waals surface area contributed by atoms with Crippen LogP contribution in [0.1, 0.15) is 31.2 Å². The summed E-state index contributed by atoms with van der Waals surface area (Å²) in [6.07, 6.45) is 7.74. The highest BCUT2D eigenvalue weighted by Gasteiger charge is 2.27. The SMILES string of the molecule is COc1cccc2c1OCC(CN1CCCC(N3CCCC3)C1)=C2. The molecule has 1 unspecified atom stereocenters. The van der Waals surface area contributed by atoms with E-state index in [-0.39, 0.29) is 0 Å². The number of ether oxygens (including phenoxy) is 2. The molecular weight excluding hydrogens is 300 g/mol. The Morgan fingerprint density at radius 2 is 2.04 bits per heavy atom. The summed E-state index contributed by atoms with van der Waals surface area (Å²) in [5.41, 5.74) is 2.52. The molecule has 4 rings (SSSR count). The van der Waals surface area contributed by atoms with Crippen LogP contribution in [0, 0.1) is 0 Å². The van der Waals surface area contributed by atoms with Crippen LogP contribution in [0.15, 0.2) is 23.8 Å². The van der Waals surface area contributed by atoms with Gasteiger partial charge < -0.3 is 9.47 Å². The van der Waals surface area contributed by atoms with Gasteiger partial charge in [-0.05, 0) is 63.0 Å². The number of rotatable bonds is 4. The zero-order valence-electron chi connectivity index (χ0n) is 14.7. The molecule has 1 aromatic carbocycles. The van der Waals surface area contributed by atoms with Gasteiger partial charge in [0.25, 0.3) is 0 Å². The highest BCUT2D eigenvalue weighted by atomic mass is 16.5. The number of piperidine rings is 1. The first-order valence-electron chi connectivity index (χ1n) is 9.29.